The van der Waals surface area contributed by atoms with Crippen LogP contribution >= 0.6 is 0 Å². The smallest absolute Gasteiger partial charge is 0.309 e. The third kappa shape index (κ3) is 32.5. The van der Waals surface area contributed by atoms with Crippen molar-refractivity contribution in [3.8, 4) is 0 Å². The summed E-state index contributed by atoms with van der Waals surface area (Å²) in [5.41, 5.74) is 0. The number of epoxide rings is 2. The predicted octanol–water partition coefficient (Wildman–Crippen LogP) is 13.5. The molecule has 0 aromatic heterocycles. The van der Waals surface area contributed by atoms with Crippen LogP contribution in [0.4, 0.5) is 0 Å². The second kappa shape index (κ2) is 39.6. The summed E-state index contributed by atoms with van der Waals surface area (Å²) in [5.74, 6) is -0.534. The van der Waals surface area contributed by atoms with Crippen LogP contribution < -0.4 is 0 Å². The molecular weight excluding hydrogens is 793 g/mol. The van der Waals surface area contributed by atoms with Gasteiger partial charge in [-0.15, -0.1) is 13.2 Å². The molecule has 0 aromatic carbocycles. The third-order valence-corrected chi connectivity index (χ3v) is 12.7. The van der Waals surface area contributed by atoms with Gasteiger partial charge in [0, 0.05) is 6.61 Å². The maximum absolute atomic E-state index is 11.9. The number of rotatable bonds is 32. The second-order valence-corrected chi connectivity index (χ2v) is 18.4. The second-order valence-electron chi connectivity index (χ2n) is 18.4. The number of hydrogen-bond acceptors (Lipinski definition) is 8. The minimum Gasteiger partial charge on any atom is -0.481 e. The summed E-state index contributed by atoms with van der Waals surface area (Å²) in [6, 6.07) is 0. The van der Waals surface area contributed by atoms with Crippen LogP contribution in [0.3, 0.4) is 0 Å². The van der Waals surface area contributed by atoms with Crippen LogP contribution in [0, 0.1) is 17.8 Å². The molecule has 0 bridgehead atoms. The van der Waals surface area contributed by atoms with Crippen molar-refractivity contribution in [2.45, 2.75) is 230 Å². The Morgan fingerprint density at radius 1 is 0.556 bits per heavy atom. The summed E-state index contributed by atoms with van der Waals surface area (Å²) in [6.45, 7) is 9.98. The van der Waals surface area contributed by atoms with Crippen molar-refractivity contribution in [1.82, 2.24) is 0 Å². The van der Waals surface area contributed by atoms with Gasteiger partial charge in [0.15, 0.2) is 0 Å². The number of carbonyl (C=O) groups excluding carboxylic acids is 2. The van der Waals surface area contributed by atoms with E-state index >= 15 is 0 Å². The van der Waals surface area contributed by atoms with E-state index in [2.05, 4.69) is 25.3 Å². The highest BCUT2D eigenvalue weighted by molar-refractivity contribution is 5.73. The van der Waals surface area contributed by atoms with Crippen LogP contribution in [0.2, 0.25) is 0 Å². The van der Waals surface area contributed by atoms with Gasteiger partial charge >= 0.3 is 17.9 Å². The number of esters is 2. The quantitative estimate of drug-likeness (QED) is 0.0293. The summed E-state index contributed by atoms with van der Waals surface area (Å²) in [6.07, 6.45) is 51.6. The molecule has 3 fully saturated rings. The van der Waals surface area contributed by atoms with Crippen molar-refractivity contribution in [3.63, 3.8) is 0 Å². The van der Waals surface area contributed by atoms with Crippen molar-refractivity contribution in [1.29, 1.82) is 0 Å². The molecule has 0 amide bonds. The standard InChI is InChI=1S/C18H30O4.C18H30O2.C11H22O.C7H10O2/c19-18(14-9-10-16-17(12-14)22-16)20-11-7-5-3-1-2-4-6-8-15-13-21-15;1-2-3-4-5-6-7-8-9-13-16-20-18(19)17-14-11-10-12-15-17;1-2-3-4-5-6-7-8-9-10-11-12;8-7(9)6-4-2-1-3-5-6/h14-17H,1-13H2;2,10-11,17H,1,3-9,12-16H2;2,12H,1,3-11H2;1-2,6H,3-5H2,(H,8,9). The molecule has 2 saturated heterocycles. The Hall–Kier alpha value is -2.75. The number of carboxylic acids is 1. The lowest BCUT2D eigenvalue weighted by atomic mass is 9.89. The fourth-order valence-electron chi connectivity index (χ4n) is 8.38. The van der Waals surface area contributed by atoms with Crippen molar-refractivity contribution < 1.29 is 43.5 Å². The molecule has 1 saturated carbocycles. The lowest BCUT2D eigenvalue weighted by Crippen LogP contribution is -2.24. The van der Waals surface area contributed by atoms with Crippen molar-refractivity contribution in [2.24, 2.45) is 17.8 Å². The molecule has 5 aliphatic rings. The molecule has 6 atom stereocenters. The van der Waals surface area contributed by atoms with E-state index in [9.17, 15) is 14.4 Å². The Morgan fingerprint density at radius 3 is 1.44 bits per heavy atom. The topological polar surface area (TPSA) is 135 Å². The zero-order chi connectivity index (χ0) is 45.4. The highest BCUT2D eigenvalue weighted by atomic mass is 16.6. The molecule has 9 nitrogen and oxygen atoms in total. The molecule has 6 unspecified atom stereocenters. The summed E-state index contributed by atoms with van der Waals surface area (Å²) >= 11 is 0. The van der Waals surface area contributed by atoms with Gasteiger partial charge in [0.05, 0.1) is 55.9 Å². The first kappa shape index (κ1) is 56.4. The van der Waals surface area contributed by atoms with Gasteiger partial charge in [0.2, 0.25) is 0 Å². The first-order chi connectivity index (χ1) is 30.9. The normalized spacial score (nSPS) is 22.6. The van der Waals surface area contributed by atoms with Gasteiger partial charge in [0.1, 0.15) is 0 Å². The SMILES string of the molecule is C=CCCCCCCCCCO.C=CCCCCCCCCCOC(=O)C1CC=CCC1.O=C(O)C1CC=CCC1.O=C(OCCCCCCCCCC1CO1)C1CCC2OC2C1. The summed E-state index contributed by atoms with van der Waals surface area (Å²) < 4.78 is 21.4. The minimum atomic E-state index is -0.653. The number of unbranched alkanes of at least 4 members (excludes halogenated alkanes) is 20. The highest BCUT2D eigenvalue weighted by Crippen LogP contribution is 2.39. The first-order valence-corrected chi connectivity index (χ1v) is 25.8. The number of fused-ring (bicyclic) bond motifs is 1. The number of carboxylic acid groups (broad SMARTS) is 1. The van der Waals surface area contributed by atoms with Crippen molar-refractivity contribution in [2.75, 3.05) is 26.4 Å². The summed E-state index contributed by atoms with van der Waals surface area (Å²) in [4.78, 5) is 34.0. The maximum Gasteiger partial charge on any atom is 0.309 e. The Bertz CT molecular complexity index is 1230. The average molecular weight is 885 g/mol. The van der Waals surface area contributed by atoms with Gasteiger partial charge in [-0.3, -0.25) is 14.4 Å². The zero-order valence-corrected chi connectivity index (χ0v) is 39.8. The van der Waals surface area contributed by atoms with Crippen LogP contribution in [0.15, 0.2) is 49.6 Å². The highest BCUT2D eigenvalue weighted by Gasteiger charge is 2.46. The van der Waals surface area contributed by atoms with E-state index in [1.807, 2.05) is 24.3 Å². The number of aliphatic hydroxyl groups is 1. The molecule has 63 heavy (non-hydrogen) atoms. The first-order valence-electron chi connectivity index (χ1n) is 25.8. The van der Waals surface area contributed by atoms with Crippen LogP contribution in [0.5, 0.6) is 0 Å². The minimum absolute atomic E-state index is 0.0104. The van der Waals surface area contributed by atoms with E-state index < -0.39 is 5.97 Å². The largest absolute Gasteiger partial charge is 0.481 e. The number of aliphatic carboxylic acids is 1. The van der Waals surface area contributed by atoms with Gasteiger partial charge < -0.3 is 29.2 Å². The monoisotopic (exact) mass is 885 g/mol. The van der Waals surface area contributed by atoms with Crippen LogP contribution in [-0.2, 0) is 33.3 Å². The average Bonchev–Trinajstić information content (AvgIpc) is 4.26. The summed E-state index contributed by atoms with van der Waals surface area (Å²) in [5, 5.41) is 17.0. The van der Waals surface area contributed by atoms with E-state index in [1.165, 1.54) is 122 Å². The van der Waals surface area contributed by atoms with Crippen LogP contribution in [-0.4, -0.2) is 72.9 Å². The molecule has 2 aliphatic heterocycles. The Kier molecular flexibility index (Phi) is 35.4. The van der Waals surface area contributed by atoms with E-state index in [0.29, 0.717) is 38.1 Å². The number of allylic oxidation sites excluding steroid dienone is 6. The fraction of sp³-hybridized carbons (Fsp3) is 0.796. The Balaban J connectivity index is 0.000000306. The molecule has 5 rings (SSSR count). The van der Waals surface area contributed by atoms with E-state index in [-0.39, 0.29) is 29.7 Å². The van der Waals surface area contributed by atoms with Gasteiger partial charge in [-0.1, -0.05) is 139 Å². The van der Waals surface area contributed by atoms with Crippen LogP contribution in [0.25, 0.3) is 0 Å². The van der Waals surface area contributed by atoms with Crippen LogP contribution in [0.1, 0.15) is 212 Å². The molecule has 0 aromatic rings. The fourth-order valence-corrected chi connectivity index (χ4v) is 8.38. The van der Waals surface area contributed by atoms with E-state index in [0.717, 1.165) is 96.5 Å². The van der Waals surface area contributed by atoms with Gasteiger partial charge in [-0.25, -0.2) is 0 Å². The predicted molar refractivity (Wildman–Crippen MR) is 257 cm³/mol. The molecule has 362 valence electrons. The molecule has 0 radical (unpaired) electrons. The Labute approximate surface area is 384 Å². The molecule has 2 heterocycles. The number of hydrogen-bond donors (Lipinski definition) is 2. The number of carbonyl (C=O) groups is 3. The molecule has 9 heteroatoms. The third-order valence-electron chi connectivity index (χ3n) is 12.7. The van der Waals surface area contributed by atoms with Gasteiger partial charge in [-0.2, -0.15) is 0 Å². The van der Waals surface area contributed by atoms with Crippen molar-refractivity contribution in [3.05, 3.63) is 49.6 Å². The maximum atomic E-state index is 11.9. The van der Waals surface area contributed by atoms with Gasteiger partial charge in [-0.05, 0) is 109 Å². The lowest BCUT2D eigenvalue weighted by molar-refractivity contribution is -0.150. The lowest BCUT2D eigenvalue weighted by Gasteiger charge is -2.17. The van der Waals surface area contributed by atoms with E-state index in [1.54, 1.807) is 0 Å². The van der Waals surface area contributed by atoms with Gasteiger partial charge in [0.25, 0.3) is 0 Å². The zero-order valence-electron chi connectivity index (χ0n) is 39.8. The Morgan fingerprint density at radius 2 is 1.02 bits per heavy atom. The number of ether oxygens (including phenoxy) is 4. The van der Waals surface area contributed by atoms with E-state index in [4.69, 9.17) is 29.2 Å². The van der Waals surface area contributed by atoms with Crippen molar-refractivity contribution >= 4 is 17.9 Å². The molecule has 0 spiro atoms. The molecular formula is C54H92O9. The molecule has 3 aliphatic carbocycles. The number of aliphatic hydroxyl groups excluding tert-OH is 1. The summed E-state index contributed by atoms with van der Waals surface area (Å²) in [7, 11) is 0. The molecule has 2 N–H and O–H groups in total.